The van der Waals surface area contributed by atoms with E-state index in [1.54, 1.807) is 12.1 Å². The molecule has 1 heterocycles. The van der Waals surface area contributed by atoms with Crippen LogP contribution in [0.5, 0.6) is 5.75 Å². The maximum atomic E-state index is 13.4. The van der Waals surface area contributed by atoms with Crippen molar-refractivity contribution in [3.05, 3.63) is 29.6 Å². The fraction of sp³-hybridized carbons (Fsp3) is 0.562. The summed E-state index contributed by atoms with van der Waals surface area (Å²) >= 11 is 0. The molecule has 5 heteroatoms. The zero-order chi connectivity index (χ0) is 15.5. The number of hydrogen-bond donors (Lipinski definition) is 1. The van der Waals surface area contributed by atoms with Crippen molar-refractivity contribution in [3.8, 4) is 5.75 Å². The van der Waals surface area contributed by atoms with E-state index >= 15 is 0 Å². The number of likely N-dealkylation sites (tertiary alicyclic amines) is 1. The molecule has 0 aliphatic carbocycles. The molecule has 1 aromatic carbocycles. The van der Waals surface area contributed by atoms with E-state index in [4.69, 9.17) is 4.74 Å². The number of rotatable bonds is 5. The Hall–Kier alpha value is -1.62. The van der Waals surface area contributed by atoms with Crippen LogP contribution in [0.25, 0.3) is 0 Å². The molecule has 2 rings (SSSR count). The Morgan fingerprint density at radius 3 is 2.90 bits per heavy atom. The van der Waals surface area contributed by atoms with Crippen molar-refractivity contribution in [1.29, 1.82) is 0 Å². The van der Waals surface area contributed by atoms with E-state index < -0.39 is 11.4 Å². The fourth-order valence-electron chi connectivity index (χ4n) is 3.04. The van der Waals surface area contributed by atoms with Gasteiger partial charge in [0.05, 0.1) is 12.5 Å². The van der Waals surface area contributed by atoms with Crippen LogP contribution >= 0.6 is 0 Å². The average Bonchev–Trinajstić information content (AvgIpc) is 2.49. The second-order valence-electron chi connectivity index (χ2n) is 5.72. The summed E-state index contributed by atoms with van der Waals surface area (Å²) in [7, 11) is 1.44. The Labute approximate surface area is 124 Å². The largest absolute Gasteiger partial charge is 0.494 e. The van der Waals surface area contributed by atoms with E-state index in [-0.39, 0.29) is 11.6 Å². The Bertz CT molecular complexity index is 520. The maximum Gasteiger partial charge on any atom is 0.310 e. The summed E-state index contributed by atoms with van der Waals surface area (Å²) in [6.45, 7) is 3.96. The summed E-state index contributed by atoms with van der Waals surface area (Å²) in [5, 5.41) is 9.49. The van der Waals surface area contributed by atoms with Crippen LogP contribution in [0.1, 0.15) is 31.7 Å². The molecule has 0 aromatic heterocycles. The van der Waals surface area contributed by atoms with E-state index in [0.717, 1.165) is 24.9 Å². The lowest BCUT2D eigenvalue weighted by Crippen LogP contribution is -2.47. The third-order valence-electron chi connectivity index (χ3n) is 4.41. The minimum absolute atomic E-state index is 0.226. The summed E-state index contributed by atoms with van der Waals surface area (Å²) in [5.41, 5.74) is 0.285. The van der Waals surface area contributed by atoms with Crippen molar-refractivity contribution in [3.63, 3.8) is 0 Å². The lowest BCUT2D eigenvalue weighted by atomic mass is 9.77. The number of benzene rings is 1. The van der Waals surface area contributed by atoms with Gasteiger partial charge in [-0.1, -0.05) is 13.0 Å². The number of nitrogens with zero attached hydrogens (tertiary/aromatic N) is 1. The van der Waals surface area contributed by atoms with Crippen LogP contribution in [0, 0.1) is 11.2 Å². The predicted octanol–water partition coefficient (Wildman–Crippen LogP) is 2.91. The number of methoxy groups -OCH3 is 1. The first-order chi connectivity index (χ1) is 10.0. The lowest BCUT2D eigenvalue weighted by molar-refractivity contribution is -0.153. The van der Waals surface area contributed by atoms with Crippen LogP contribution in [0.2, 0.25) is 0 Å². The van der Waals surface area contributed by atoms with Crippen molar-refractivity contribution in [2.75, 3.05) is 20.2 Å². The SMILES string of the molecule is CCC1(C(=O)O)CCCN(Cc2ccc(F)c(OC)c2)C1. The monoisotopic (exact) mass is 295 g/mol. The second-order valence-corrected chi connectivity index (χ2v) is 5.72. The van der Waals surface area contributed by atoms with Gasteiger partial charge in [-0.2, -0.15) is 0 Å². The molecule has 0 radical (unpaired) electrons. The van der Waals surface area contributed by atoms with Gasteiger partial charge in [-0.3, -0.25) is 9.69 Å². The minimum Gasteiger partial charge on any atom is -0.494 e. The molecule has 21 heavy (non-hydrogen) atoms. The van der Waals surface area contributed by atoms with Crippen LogP contribution in [0.3, 0.4) is 0 Å². The smallest absolute Gasteiger partial charge is 0.310 e. The minimum atomic E-state index is -0.716. The molecule has 1 unspecified atom stereocenters. The molecule has 0 saturated carbocycles. The highest BCUT2D eigenvalue weighted by Crippen LogP contribution is 2.34. The summed E-state index contributed by atoms with van der Waals surface area (Å²) in [6, 6.07) is 4.79. The van der Waals surface area contributed by atoms with Crippen molar-refractivity contribution in [2.24, 2.45) is 5.41 Å². The van der Waals surface area contributed by atoms with Gasteiger partial charge in [0.1, 0.15) is 0 Å². The third-order valence-corrected chi connectivity index (χ3v) is 4.41. The molecule has 0 spiro atoms. The average molecular weight is 295 g/mol. The van der Waals surface area contributed by atoms with Crippen LogP contribution in [-0.2, 0) is 11.3 Å². The number of hydrogen-bond acceptors (Lipinski definition) is 3. The third kappa shape index (κ3) is 3.35. The van der Waals surface area contributed by atoms with Gasteiger partial charge < -0.3 is 9.84 Å². The molecule has 1 atom stereocenters. The maximum absolute atomic E-state index is 13.4. The number of carbonyl (C=O) groups is 1. The Kier molecular flexibility index (Phi) is 4.83. The van der Waals surface area contributed by atoms with Gasteiger partial charge >= 0.3 is 5.97 Å². The van der Waals surface area contributed by atoms with Gasteiger partial charge in [-0.05, 0) is 43.5 Å². The standard InChI is InChI=1S/C16H22FNO3/c1-3-16(15(19)20)7-4-8-18(11-16)10-12-5-6-13(17)14(9-12)21-2/h5-6,9H,3-4,7-8,10-11H2,1-2H3,(H,19,20). The highest BCUT2D eigenvalue weighted by atomic mass is 19.1. The summed E-state index contributed by atoms with van der Waals surface area (Å²) in [4.78, 5) is 13.7. The molecular weight excluding hydrogens is 273 g/mol. The zero-order valence-corrected chi connectivity index (χ0v) is 12.6. The first-order valence-electron chi connectivity index (χ1n) is 7.29. The molecule has 4 nitrogen and oxygen atoms in total. The highest BCUT2D eigenvalue weighted by Gasteiger charge is 2.40. The number of carboxylic acids is 1. The summed E-state index contributed by atoms with van der Waals surface area (Å²) in [6.07, 6.45) is 2.23. The number of carboxylic acid groups (broad SMARTS) is 1. The molecule has 116 valence electrons. The molecular formula is C16H22FNO3. The fourth-order valence-corrected chi connectivity index (χ4v) is 3.04. The van der Waals surface area contributed by atoms with Gasteiger partial charge in [0.25, 0.3) is 0 Å². The quantitative estimate of drug-likeness (QED) is 0.907. The van der Waals surface area contributed by atoms with Crippen LogP contribution in [0.15, 0.2) is 18.2 Å². The Morgan fingerprint density at radius 1 is 1.52 bits per heavy atom. The molecule has 0 amide bonds. The molecule has 1 fully saturated rings. The Morgan fingerprint density at radius 2 is 2.29 bits per heavy atom. The van der Waals surface area contributed by atoms with Gasteiger partial charge in [-0.25, -0.2) is 4.39 Å². The normalized spacial score (nSPS) is 23.0. The van der Waals surface area contributed by atoms with Crippen molar-refractivity contribution in [2.45, 2.75) is 32.7 Å². The topological polar surface area (TPSA) is 49.8 Å². The van der Waals surface area contributed by atoms with Crippen molar-refractivity contribution < 1.29 is 19.0 Å². The van der Waals surface area contributed by atoms with Gasteiger partial charge in [0.15, 0.2) is 11.6 Å². The summed E-state index contributed by atoms with van der Waals surface area (Å²) in [5.74, 6) is -0.871. The number of piperidine rings is 1. The van der Waals surface area contributed by atoms with E-state index in [1.165, 1.54) is 13.2 Å². The predicted molar refractivity (Wildman–Crippen MR) is 77.8 cm³/mol. The summed E-state index contributed by atoms with van der Waals surface area (Å²) < 4.78 is 18.4. The van der Waals surface area contributed by atoms with E-state index in [0.29, 0.717) is 19.5 Å². The molecule has 0 bridgehead atoms. The van der Waals surface area contributed by atoms with Gasteiger partial charge in [-0.15, -0.1) is 0 Å². The molecule has 1 N–H and O–H groups in total. The molecule has 1 aliphatic heterocycles. The first-order valence-corrected chi connectivity index (χ1v) is 7.29. The number of aliphatic carboxylic acids is 1. The van der Waals surface area contributed by atoms with Crippen molar-refractivity contribution >= 4 is 5.97 Å². The van der Waals surface area contributed by atoms with E-state index in [2.05, 4.69) is 4.90 Å². The zero-order valence-electron chi connectivity index (χ0n) is 12.6. The number of ether oxygens (including phenoxy) is 1. The molecule has 1 saturated heterocycles. The van der Waals surface area contributed by atoms with Crippen LogP contribution in [-0.4, -0.2) is 36.2 Å². The number of halogens is 1. The van der Waals surface area contributed by atoms with Gasteiger partial charge in [0, 0.05) is 13.1 Å². The van der Waals surface area contributed by atoms with Crippen molar-refractivity contribution in [1.82, 2.24) is 4.90 Å². The van der Waals surface area contributed by atoms with Gasteiger partial charge in [0.2, 0.25) is 0 Å². The molecule has 1 aromatic rings. The second kappa shape index (κ2) is 6.43. The molecule has 1 aliphatic rings. The van der Waals surface area contributed by atoms with Crippen LogP contribution in [0.4, 0.5) is 4.39 Å². The van der Waals surface area contributed by atoms with E-state index in [1.807, 2.05) is 6.92 Å². The van der Waals surface area contributed by atoms with E-state index in [9.17, 15) is 14.3 Å². The highest BCUT2D eigenvalue weighted by molar-refractivity contribution is 5.75. The Balaban J connectivity index is 2.11. The van der Waals surface area contributed by atoms with Crippen LogP contribution < -0.4 is 4.74 Å². The first kappa shape index (κ1) is 15.8. The lowest BCUT2D eigenvalue weighted by Gasteiger charge is -2.39.